The number of benzene rings is 2. The normalized spacial score (nSPS) is 16.2. The smallest absolute Gasteiger partial charge is 0.212 e. The summed E-state index contributed by atoms with van der Waals surface area (Å²) in [5.41, 5.74) is 9.10. The number of aryl methyl sites for hydroxylation is 1. The van der Waals surface area contributed by atoms with E-state index in [1.54, 1.807) is 0 Å². The largest absolute Gasteiger partial charge is 0.278 e. The highest BCUT2D eigenvalue weighted by Crippen LogP contribution is 2.37. The van der Waals surface area contributed by atoms with Crippen molar-refractivity contribution >= 4 is 23.3 Å². The van der Waals surface area contributed by atoms with E-state index in [9.17, 15) is 0 Å². The first-order valence-corrected chi connectivity index (χ1v) is 7.56. The van der Waals surface area contributed by atoms with Crippen molar-refractivity contribution in [1.29, 1.82) is 0 Å². The molecule has 0 amide bonds. The molecule has 0 saturated carbocycles. The van der Waals surface area contributed by atoms with Gasteiger partial charge in [-0.05, 0) is 32.9 Å². The number of fused-ring (bicyclic) bond motifs is 1. The number of nitrogens with one attached hydrogen (secondary N) is 1. The SMILES string of the molecule is Cc1ccc(N/N=C/C2=[N+](C)c3ccccc3C2(C)C)cc1. The summed E-state index contributed by atoms with van der Waals surface area (Å²) in [4.78, 5) is 0. The lowest BCUT2D eigenvalue weighted by atomic mass is 9.82. The van der Waals surface area contributed by atoms with Gasteiger partial charge >= 0.3 is 0 Å². The summed E-state index contributed by atoms with van der Waals surface area (Å²) in [6.45, 7) is 6.56. The lowest BCUT2D eigenvalue weighted by Crippen LogP contribution is -2.30. The van der Waals surface area contributed by atoms with Crippen molar-refractivity contribution in [3.05, 3.63) is 59.7 Å². The van der Waals surface area contributed by atoms with E-state index < -0.39 is 0 Å². The molecule has 3 nitrogen and oxygen atoms in total. The maximum atomic E-state index is 4.43. The van der Waals surface area contributed by atoms with Crippen molar-refractivity contribution in [2.45, 2.75) is 26.2 Å². The molecule has 22 heavy (non-hydrogen) atoms. The zero-order valence-electron chi connectivity index (χ0n) is 13.6. The minimum Gasteiger partial charge on any atom is -0.278 e. The summed E-state index contributed by atoms with van der Waals surface area (Å²) in [5, 5.41) is 4.43. The molecule has 2 aromatic rings. The molecule has 0 unspecified atom stereocenters. The van der Waals surface area contributed by atoms with Crippen molar-refractivity contribution in [1.82, 2.24) is 0 Å². The van der Waals surface area contributed by atoms with Gasteiger partial charge < -0.3 is 0 Å². The van der Waals surface area contributed by atoms with E-state index in [2.05, 4.69) is 79.3 Å². The van der Waals surface area contributed by atoms with Gasteiger partial charge in [0.05, 0.1) is 11.1 Å². The average Bonchev–Trinajstić information content (AvgIpc) is 2.70. The molecular weight excluding hydrogens is 270 g/mol. The summed E-state index contributed by atoms with van der Waals surface area (Å²) >= 11 is 0. The van der Waals surface area contributed by atoms with Gasteiger partial charge in [0.15, 0.2) is 0 Å². The lowest BCUT2D eigenvalue weighted by molar-refractivity contribution is -0.400. The fourth-order valence-electron chi connectivity index (χ4n) is 3.03. The molecule has 1 heterocycles. The highest BCUT2D eigenvalue weighted by molar-refractivity contribution is 6.33. The maximum absolute atomic E-state index is 4.43. The van der Waals surface area contributed by atoms with Crippen LogP contribution in [-0.2, 0) is 5.41 Å². The van der Waals surface area contributed by atoms with Crippen LogP contribution in [0, 0.1) is 6.92 Å². The van der Waals surface area contributed by atoms with Gasteiger partial charge in [0.2, 0.25) is 11.4 Å². The first-order valence-electron chi connectivity index (χ1n) is 7.56. The van der Waals surface area contributed by atoms with E-state index in [0.29, 0.717) is 0 Å². The number of nitrogens with zero attached hydrogens (tertiary/aromatic N) is 2. The molecule has 112 valence electrons. The molecule has 1 aliphatic heterocycles. The van der Waals surface area contributed by atoms with Gasteiger partial charge in [0.25, 0.3) is 0 Å². The Hall–Kier alpha value is -2.42. The molecule has 0 spiro atoms. The van der Waals surface area contributed by atoms with Crippen LogP contribution in [0.2, 0.25) is 0 Å². The molecule has 0 saturated heterocycles. The minimum atomic E-state index is -0.0379. The third-order valence-electron chi connectivity index (χ3n) is 4.37. The van der Waals surface area contributed by atoms with Crippen LogP contribution in [0.1, 0.15) is 25.0 Å². The van der Waals surface area contributed by atoms with Crippen molar-refractivity contribution in [2.75, 3.05) is 12.5 Å². The summed E-state index contributed by atoms with van der Waals surface area (Å²) in [5.74, 6) is 0. The van der Waals surface area contributed by atoms with Crippen LogP contribution >= 0.6 is 0 Å². The number of hydrogen-bond acceptors (Lipinski definition) is 2. The molecule has 2 aromatic carbocycles. The Morgan fingerprint density at radius 2 is 1.73 bits per heavy atom. The molecule has 1 aliphatic rings. The molecule has 3 rings (SSSR count). The van der Waals surface area contributed by atoms with Crippen molar-refractivity contribution < 1.29 is 4.58 Å². The highest BCUT2D eigenvalue weighted by atomic mass is 15.3. The Morgan fingerprint density at radius 1 is 1.05 bits per heavy atom. The Bertz CT molecular complexity index is 753. The second kappa shape index (κ2) is 5.41. The first kappa shape index (κ1) is 14.5. The van der Waals surface area contributed by atoms with Crippen LogP contribution in [0.25, 0.3) is 0 Å². The number of hydrazone groups is 1. The van der Waals surface area contributed by atoms with E-state index >= 15 is 0 Å². The number of hydrogen-bond donors (Lipinski definition) is 1. The maximum Gasteiger partial charge on any atom is 0.212 e. The molecule has 0 bridgehead atoms. The molecule has 1 N–H and O–H groups in total. The summed E-state index contributed by atoms with van der Waals surface area (Å²) in [7, 11) is 2.10. The Kier molecular flexibility index (Phi) is 3.57. The zero-order valence-corrected chi connectivity index (χ0v) is 13.6. The quantitative estimate of drug-likeness (QED) is 0.515. The molecular formula is C19H22N3+. The van der Waals surface area contributed by atoms with Crippen LogP contribution in [0.4, 0.5) is 11.4 Å². The number of para-hydroxylation sites is 1. The van der Waals surface area contributed by atoms with Crippen LogP contribution in [0.3, 0.4) is 0 Å². The van der Waals surface area contributed by atoms with Crippen molar-refractivity contribution in [2.24, 2.45) is 5.10 Å². The highest BCUT2D eigenvalue weighted by Gasteiger charge is 2.43. The fraction of sp³-hybridized carbons (Fsp3) is 0.263. The predicted molar refractivity (Wildman–Crippen MR) is 93.6 cm³/mol. The topological polar surface area (TPSA) is 27.4 Å². The van der Waals surface area contributed by atoms with Crippen LogP contribution in [-0.4, -0.2) is 23.5 Å². The molecule has 0 radical (unpaired) electrons. The van der Waals surface area contributed by atoms with Gasteiger partial charge in [-0.1, -0.05) is 35.9 Å². The van der Waals surface area contributed by atoms with Gasteiger partial charge in [-0.25, -0.2) is 0 Å². The summed E-state index contributed by atoms with van der Waals surface area (Å²) in [6.07, 6.45) is 1.93. The molecule has 0 atom stereocenters. The number of rotatable bonds is 3. The lowest BCUT2D eigenvalue weighted by Gasteiger charge is -2.14. The monoisotopic (exact) mass is 292 g/mol. The van der Waals surface area contributed by atoms with Gasteiger partial charge in [0.1, 0.15) is 13.3 Å². The summed E-state index contributed by atoms with van der Waals surface area (Å²) < 4.78 is 2.22. The molecule has 3 heteroatoms. The first-order chi connectivity index (χ1) is 10.5. The third-order valence-corrected chi connectivity index (χ3v) is 4.37. The van der Waals surface area contributed by atoms with Crippen LogP contribution in [0.15, 0.2) is 53.6 Å². The fourth-order valence-corrected chi connectivity index (χ4v) is 3.03. The van der Waals surface area contributed by atoms with Gasteiger partial charge in [-0.15, -0.1) is 0 Å². The Balaban J connectivity index is 1.85. The van der Waals surface area contributed by atoms with E-state index in [1.165, 1.54) is 22.5 Å². The van der Waals surface area contributed by atoms with Gasteiger partial charge in [-0.2, -0.15) is 9.68 Å². The van der Waals surface area contributed by atoms with E-state index in [-0.39, 0.29) is 5.41 Å². The molecule has 0 fully saturated rings. The van der Waals surface area contributed by atoms with Gasteiger partial charge in [-0.3, -0.25) is 5.43 Å². The van der Waals surface area contributed by atoms with Crippen molar-refractivity contribution in [3.8, 4) is 0 Å². The van der Waals surface area contributed by atoms with E-state index in [0.717, 1.165) is 5.69 Å². The zero-order chi connectivity index (χ0) is 15.7. The van der Waals surface area contributed by atoms with Crippen molar-refractivity contribution in [3.63, 3.8) is 0 Å². The second-order valence-corrected chi connectivity index (χ2v) is 6.32. The van der Waals surface area contributed by atoms with E-state index in [1.807, 2.05) is 18.3 Å². The molecule has 0 aromatic heterocycles. The van der Waals surface area contributed by atoms with Gasteiger partial charge in [0, 0.05) is 11.6 Å². The molecule has 0 aliphatic carbocycles. The van der Waals surface area contributed by atoms with Crippen LogP contribution < -0.4 is 5.43 Å². The average molecular weight is 292 g/mol. The number of anilines is 1. The second-order valence-electron chi connectivity index (χ2n) is 6.32. The standard InChI is InChI=1S/C19H21N3/c1-14-9-11-15(12-10-14)21-20-13-18-19(2,3)16-7-5-6-8-17(16)22(18)4/h5-13H,1-4H3/p+1. The predicted octanol–water partition coefficient (Wildman–Crippen LogP) is 4.10. The summed E-state index contributed by atoms with van der Waals surface area (Å²) in [6, 6.07) is 16.8. The Labute approximate surface area is 132 Å². The minimum absolute atomic E-state index is 0.0379. The van der Waals surface area contributed by atoms with Crippen LogP contribution in [0.5, 0.6) is 0 Å². The van der Waals surface area contributed by atoms with E-state index in [4.69, 9.17) is 0 Å². The third kappa shape index (κ3) is 2.43. The Morgan fingerprint density at radius 3 is 2.41 bits per heavy atom.